The molecule has 0 aromatic carbocycles. The van der Waals surface area contributed by atoms with Gasteiger partial charge in [0.25, 0.3) is 0 Å². The molecule has 4 heteroatoms. The van der Waals surface area contributed by atoms with Crippen molar-refractivity contribution in [2.45, 2.75) is 53.4 Å². The number of allylic oxidation sites excluding steroid dienone is 2. The molecule has 0 unspecified atom stereocenters. The van der Waals surface area contributed by atoms with E-state index in [1.54, 1.807) is 0 Å². The van der Waals surface area contributed by atoms with E-state index in [2.05, 4.69) is 75.0 Å². The van der Waals surface area contributed by atoms with Gasteiger partial charge in [-0.25, -0.2) is 0 Å². The maximum Gasteiger partial charge on any atom is 0.0604 e. The molecule has 0 radical (unpaired) electrons. The SMILES string of the molecule is C=NC/C(CC)=C(/C#CN)CC.C=NC/C(CC)=C(\C#CN)CC. The molecule has 0 aromatic heterocycles. The smallest absolute Gasteiger partial charge is 0.0604 e. The molecule has 0 amide bonds. The van der Waals surface area contributed by atoms with Crippen molar-refractivity contribution < 1.29 is 0 Å². The van der Waals surface area contributed by atoms with Crippen molar-refractivity contribution >= 4 is 13.4 Å². The lowest BCUT2D eigenvalue weighted by Crippen LogP contribution is -1.93. The summed E-state index contributed by atoms with van der Waals surface area (Å²) in [5.74, 6) is 5.78. The third-order valence-electron chi connectivity index (χ3n) is 3.47. The highest BCUT2D eigenvalue weighted by Crippen LogP contribution is 2.12. The van der Waals surface area contributed by atoms with E-state index in [0.717, 1.165) is 36.8 Å². The topological polar surface area (TPSA) is 76.8 Å². The first-order valence-corrected chi connectivity index (χ1v) is 8.29. The summed E-state index contributed by atoms with van der Waals surface area (Å²) in [7, 11) is 0. The molecule has 0 heterocycles. The van der Waals surface area contributed by atoms with Gasteiger partial charge < -0.3 is 11.5 Å². The van der Waals surface area contributed by atoms with Gasteiger partial charge in [0, 0.05) is 23.2 Å². The van der Waals surface area contributed by atoms with Crippen LogP contribution in [0.15, 0.2) is 32.3 Å². The van der Waals surface area contributed by atoms with E-state index in [1.165, 1.54) is 11.1 Å². The summed E-state index contributed by atoms with van der Waals surface area (Å²) in [6.45, 7) is 16.6. The summed E-state index contributed by atoms with van der Waals surface area (Å²) in [6.07, 6.45) is 3.78. The zero-order valence-electron chi connectivity index (χ0n) is 15.7. The number of hydrogen-bond acceptors (Lipinski definition) is 4. The molecule has 24 heavy (non-hydrogen) atoms. The number of rotatable bonds is 8. The van der Waals surface area contributed by atoms with Crippen LogP contribution < -0.4 is 11.5 Å². The minimum absolute atomic E-state index is 0.675. The minimum Gasteiger partial charge on any atom is -0.359 e. The first-order valence-electron chi connectivity index (χ1n) is 8.29. The lowest BCUT2D eigenvalue weighted by Gasteiger charge is -2.03. The molecule has 4 N–H and O–H groups in total. The molecule has 0 aliphatic carbocycles. The van der Waals surface area contributed by atoms with Crippen LogP contribution in [0.25, 0.3) is 0 Å². The molecule has 0 aromatic rings. The van der Waals surface area contributed by atoms with Gasteiger partial charge in [-0.1, -0.05) is 27.7 Å². The molecule has 0 saturated heterocycles. The molecular weight excluding hydrogens is 296 g/mol. The Morgan fingerprint density at radius 3 is 1.21 bits per heavy atom. The van der Waals surface area contributed by atoms with E-state index in [9.17, 15) is 0 Å². The molecule has 0 rings (SSSR count). The fourth-order valence-electron chi connectivity index (χ4n) is 2.14. The summed E-state index contributed by atoms with van der Waals surface area (Å²) in [6, 6.07) is 4.84. The van der Waals surface area contributed by atoms with Crippen LogP contribution in [-0.4, -0.2) is 26.5 Å². The Kier molecular flexibility index (Phi) is 16.8. The molecule has 132 valence electrons. The van der Waals surface area contributed by atoms with Crippen molar-refractivity contribution in [2.75, 3.05) is 13.1 Å². The van der Waals surface area contributed by atoms with Gasteiger partial charge >= 0.3 is 0 Å². The number of nitrogens with zero attached hydrogens (tertiary/aromatic N) is 2. The van der Waals surface area contributed by atoms with Crippen molar-refractivity contribution in [3.63, 3.8) is 0 Å². The fraction of sp³-hybridized carbons (Fsp3) is 0.500. The van der Waals surface area contributed by atoms with Crippen LogP contribution in [0.1, 0.15) is 53.4 Å². The number of nitrogens with two attached hydrogens (primary N) is 2. The average molecular weight is 329 g/mol. The van der Waals surface area contributed by atoms with E-state index < -0.39 is 0 Å². The van der Waals surface area contributed by atoms with Gasteiger partial charge in [0.05, 0.1) is 13.1 Å². The summed E-state index contributed by atoms with van der Waals surface area (Å²) >= 11 is 0. The van der Waals surface area contributed by atoms with Crippen LogP contribution in [0.2, 0.25) is 0 Å². The second kappa shape index (κ2) is 16.9. The number of aliphatic imine (C=N–C) groups is 2. The predicted octanol–water partition coefficient (Wildman–Crippen LogP) is 3.45. The van der Waals surface area contributed by atoms with Gasteiger partial charge in [-0.2, -0.15) is 0 Å². The molecule has 0 aliphatic rings. The maximum absolute atomic E-state index is 5.15. The van der Waals surface area contributed by atoms with Crippen LogP contribution in [0.3, 0.4) is 0 Å². The molecule has 0 aliphatic heterocycles. The Morgan fingerprint density at radius 1 is 0.708 bits per heavy atom. The van der Waals surface area contributed by atoms with Gasteiger partial charge in [0.15, 0.2) is 0 Å². The third-order valence-corrected chi connectivity index (χ3v) is 3.47. The molecule has 0 saturated carbocycles. The quantitative estimate of drug-likeness (QED) is 0.407. The van der Waals surface area contributed by atoms with Crippen molar-refractivity contribution in [2.24, 2.45) is 21.5 Å². The second-order valence-corrected chi connectivity index (χ2v) is 4.88. The zero-order valence-corrected chi connectivity index (χ0v) is 15.7. The monoisotopic (exact) mass is 328 g/mol. The first-order chi connectivity index (χ1) is 11.6. The molecule has 4 nitrogen and oxygen atoms in total. The standard InChI is InChI=1S/2C10H16N2/c2*1-4-9(6-7-11)10(5-2)8-12-3/h2*3-5,8,11H2,1-2H3/b10-9+;10-9-. The van der Waals surface area contributed by atoms with E-state index >= 15 is 0 Å². The van der Waals surface area contributed by atoms with Crippen LogP contribution in [0.4, 0.5) is 0 Å². The molecule has 0 atom stereocenters. The third kappa shape index (κ3) is 10.3. The lowest BCUT2D eigenvalue weighted by atomic mass is 10.0. The Bertz CT molecular complexity index is 508. The maximum atomic E-state index is 5.15. The Balaban J connectivity index is 0. The Labute approximate surface area is 148 Å². The van der Waals surface area contributed by atoms with E-state index in [1.807, 2.05) is 0 Å². The fourth-order valence-corrected chi connectivity index (χ4v) is 2.14. The van der Waals surface area contributed by atoms with E-state index in [4.69, 9.17) is 11.5 Å². The van der Waals surface area contributed by atoms with Crippen LogP contribution in [-0.2, 0) is 0 Å². The summed E-state index contributed by atoms with van der Waals surface area (Å²) in [4.78, 5) is 7.68. The number of hydrogen-bond donors (Lipinski definition) is 2. The zero-order chi connectivity index (χ0) is 18.8. The van der Waals surface area contributed by atoms with Gasteiger partial charge in [0.2, 0.25) is 0 Å². The van der Waals surface area contributed by atoms with E-state index in [-0.39, 0.29) is 0 Å². The largest absolute Gasteiger partial charge is 0.359 e. The highest BCUT2D eigenvalue weighted by atomic mass is 14.7. The Morgan fingerprint density at radius 2 is 1.04 bits per heavy atom. The highest BCUT2D eigenvalue weighted by Gasteiger charge is 1.99. The minimum atomic E-state index is 0.675. The van der Waals surface area contributed by atoms with E-state index in [0.29, 0.717) is 13.1 Å². The van der Waals surface area contributed by atoms with Crippen molar-refractivity contribution in [1.29, 1.82) is 0 Å². The summed E-state index contributed by atoms with van der Waals surface area (Å²) < 4.78 is 0. The molecule has 0 fully saturated rings. The predicted molar refractivity (Wildman–Crippen MR) is 108 cm³/mol. The molecule has 0 bridgehead atoms. The van der Waals surface area contributed by atoms with Gasteiger partial charge in [-0.3, -0.25) is 9.98 Å². The normalized spacial score (nSPS) is 11.2. The second-order valence-electron chi connectivity index (χ2n) is 4.88. The first kappa shape index (κ1) is 23.8. The highest BCUT2D eigenvalue weighted by molar-refractivity contribution is 5.35. The summed E-state index contributed by atoms with van der Waals surface area (Å²) in [5, 5.41) is 0. The van der Waals surface area contributed by atoms with Gasteiger partial charge in [-0.15, -0.1) is 0 Å². The molecular formula is C20H32N4. The molecule has 0 spiro atoms. The average Bonchev–Trinajstić information content (AvgIpc) is 2.61. The lowest BCUT2D eigenvalue weighted by molar-refractivity contribution is 0.964. The van der Waals surface area contributed by atoms with Crippen molar-refractivity contribution in [3.05, 3.63) is 22.3 Å². The van der Waals surface area contributed by atoms with Crippen LogP contribution in [0, 0.1) is 23.9 Å². The van der Waals surface area contributed by atoms with Gasteiger partial charge in [-0.05, 0) is 62.1 Å². The Hall–Kier alpha value is -2.46. The van der Waals surface area contributed by atoms with Gasteiger partial charge in [0.1, 0.15) is 0 Å². The summed E-state index contributed by atoms with van der Waals surface area (Å²) in [5.41, 5.74) is 15.0. The van der Waals surface area contributed by atoms with Crippen LogP contribution in [0.5, 0.6) is 0 Å². The van der Waals surface area contributed by atoms with Crippen molar-refractivity contribution in [1.82, 2.24) is 0 Å². The van der Waals surface area contributed by atoms with Crippen LogP contribution >= 0.6 is 0 Å². The van der Waals surface area contributed by atoms with Crippen molar-refractivity contribution in [3.8, 4) is 23.9 Å².